The van der Waals surface area contributed by atoms with Crippen LogP contribution in [-0.4, -0.2) is 36.9 Å². The van der Waals surface area contributed by atoms with Crippen LogP contribution in [0.4, 0.5) is 0 Å². The fourth-order valence-electron chi connectivity index (χ4n) is 3.57. The van der Waals surface area contributed by atoms with E-state index in [0.29, 0.717) is 29.6 Å². The average Bonchev–Trinajstić information content (AvgIpc) is 3.14. The van der Waals surface area contributed by atoms with Crippen LogP contribution < -0.4 is 10.6 Å². The van der Waals surface area contributed by atoms with Crippen molar-refractivity contribution in [2.45, 2.75) is 38.8 Å². The maximum absolute atomic E-state index is 12.0. The van der Waals surface area contributed by atoms with Gasteiger partial charge in [0.1, 0.15) is 0 Å². The summed E-state index contributed by atoms with van der Waals surface area (Å²) < 4.78 is 0. The standard InChI is InChI=1S/C23H28Cl2N4O/c1-26-23(27-12-4-8-17-10-11-20(24)14-21(17)25)28-15-18-6-2-3-7-19(18)16-29-13-5-9-22(29)30/h2-3,6-7,10-11,14H,4-5,8-9,12-13,15-16H2,1H3,(H2,26,27,28). The van der Waals surface area contributed by atoms with Crippen LogP contribution in [0.1, 0.15) is 36.0 Å². The van der Waals surface area contributed by atoms with Crippen molar-refractivity contribution < 1.29 is 4.79 Å². The number of aliphatic imine (C=N–C) groups is 1. The van der Waals surface area contributed by atoms with Gasteiger partial charge in [0.2, 0.25) is 5.91 Å². The van der Waals surface area contributed by atoms with Gasteiger partial charge in [-0.1, -0.05) is 53.5 Å². The van der Waals surface area contributed by atoms with Crippen molar-refractivity contribution in [3.63, 3.8) is 0 Å². The van der Waals surface area contributed by atoms with Gasteiger partial charge in [-0.15, -0.1) is 0 Å². The molecule has 2 N–H and O–H groups in total. The molecule has 0 bridgehead atoms. The number of nitrogens with zero attached hydrogens (tertiary/aromatic N) is 2. The molecule has 5 nitrogen and oxygen atoms in total. The number of rotatable bonds is 8. The number of aryl methyl sites for hydroxylation is 1. The highest BCUT2D eigenvalue weighted by Crippen LogP contribution is 2.22. The second-order valence-corrected chi connectivity index (χ2v) is 8.22. The lowest BCUT2D eigenvalue weighted by Crippen LogP contribution is -2.37. The Bertz CT molecular complexity index is 901. The van der Waals surface area contributed by atoms with E-state index in [1.807, 2.05) is 29.2 Å². The van der Waals surface area contributed by atoms with E-state index in [1.54, 1.807) is 13.1 Å². The third-order valence-corrected chi connectivity index (χ3v) is 5.84. The first-order chi connectivity index (χ1) is 14.6. The SMILES string of the molecule is CN=C(NCCCc1ccc(Cl)cc1Cl)NCc1ccccc1CN1CCCC1=O. The van der Waals surface area contributed by atoms with Crippen LogP contribution in [0.3, 0.4) is 0 Å². The first-order valence-electron chi connectivity index (χ1n) is 10.3. The number of likely N-dealkylation sites (tertiary alicyclic amines) is 1. The smallest absolute Gasteiger partial charge is 0.222 e. The van der Waals surface area contributed by atoms with Crippen molar-refractivity contribution in [3.05, 3.63) is 69.2 Å². The van der Waals surface area contributed by atoms with Gasteiger partial charge in [-0.05, 0) is 48.1 Å². The first kappa shape index (κ1) is 22.4. The summed E-state index contributed by atoms with van der Waals surface area (Å²) in [6, 6.07) is 13.9. The Hall–Kier alpha value is -2.24. The van der Waals surface area contributed by atoms with Gasteiger partial charge in [0.05, 0.1) is 0 Å². The quantitative estimate of drug-likeness (QED) is 0.358. The molecule has 0 spiro atoms. The number of nitrogens with one attached hydrogen (secondary N) is 2. The molecule has 30 heavy (non-hydrogen) atoms. The number of guanidine groups is 1. The fourth-order valence-corrected chi connectivity index (χ4v) is 4.07. The normalized spacial score (nSPS) is 14.3. The fraction of sp³-hybridized carbons (Fsp3) is 0.391. The molecule has 0 aromatic heterocycles. The minimum Gasteiger partial charge on any atom is -0.356 e. The van der Waals surface area contributed by atoms with Crippen LogP contribution >= 0.6 is 23.2 Å². The molecule has 0 radical (unpaired) electrons. The third kappa shape index (κ3) is 6.38. The molecule has 0 unspecified atom stereocenters. The molecule has 1 fully saturated rings. The van der Waals surface area contributed by atoms with E-state index in [2.05, 4.69) is 27.8 Å². The second-order valence-electron chi connectivity index (χ2n) is 7.38. The van der Waals surface area contributed by atoms with E-state index >= 15 is 0 Å². The Kier molecular flexibility index (Phi) is 8.40. The largest absolute Gasteiger partial charge is 0.356 e. The summed E-state index contributed by atoms with van der Waals surface area (Å²) in [5.74, 6) is 1.00. The van der Waals surface area contributed by atoms with Crippen molar-refractivity contribution in [1.82, 2.24) is 15.5 Å². The predicted octanol–water partition coefficient (Wildman–Crippen LogP) is 4.41. The van der Waals surface area contributed by atoms with Crippen LogP contribution in [0.25, 0.3) is 0 Å². The lowest BCUT2D eigenvalue weighted by molar-refractivity contribution is -0.128. The van der Waals surface area contributed by atoms with Gasteiger partial charge in [0.25, 0.3) is 0 Å². The maximum Gasteiger partial charge on any atom is 0.222 e. The minimum atomic E-state index is 0.246. The molecular formula is C23H28Cl2N4O. The van der Waals surface area contributed by atoms with Crippen LogP contribution in [0.15, 0.2) is 47.5 Å². The molecule has 1 aliphatic rings. The number of halogens is 2. The molecule has 2 aromatic rings. The molecule has 0 atom stereocenters. The van der Waals surface area contributed by atoms with Crippen molar-refractivity contribution in [2.24, 2.45) is 4.99 Å². The van der Waals surface area contributed by atoms with Crippen molar-refractivity contribution in [2.75, 3.05) is 20.1 Å². The van der Waals surface area contributed by atoms with E-state index in [4.69, 9.17) is 23.2 Å². The second kappa shape index (κ2) is 11.2. The molecule has 160 valence electrons. The van der Waals surface area contributed by atoms with Gasteiger partial charge >= 0.3 is 0 Å². The van der Waals surface area contributed by atoms with Gasteiger partial charge in [0.15, 0.2) is 5.96 Å². The average molecular weight is 447 g/mol. The third-order valence-electron chi connectivity index (χ3n) is 5.25. The Morgan fingerprint density at radius 3 is 2.60 bits per heavy atom. The van der Waals surface area contributed by atoms with Gasteiger partial charge in [-0.2, -0.15) is 0 Å². The Labute approximate surface area is 188 Å². The van der Waals surface area contributed by atoms with Gasteiger partial charge < -0.3 is 15.5 Å². The summed E-state index contributed by atoms with van der Waals surface area (Å²) in [6.07, 6.45) is 3.41. The zero-order valence-corrected chi connectivity index (χ0v) is 18.8. The molecular weight excluding hydrogens is 419 g/mol. The predicted molar refractivity (Wildman–Crippen MR) is 124 cm³/mol. The van der Waals surface area contributed by atoms with Gasteiger partial charge in [-0.25, -0.2) is 0 Å². The zero-order valence-electron chi connectivity index (χ0n) is 17.3. The van der Waals surface area contributed by atoms with Crippen LogP contribution in [0.2, 0.25) is 10.0 Å². The van der Waals surface area contributed by atoms with E-state index in [-0.39, 0.29) is 5.91 Å². The minimum absolute atomic E-state index is 0.246. The van der Waals surface area contributed by atoms with Crippen LogP contribution in [-0.2, 0) is 24.3 Å². The van der Waals surface area contributed by atoms with Crippen molar-refractivity contribution in [1.29, 1.82) is 0 Å². The van der Waals surface area contributed by atoms with Crippen molar-refractivity contribution >= 4 is 35.1 Å². The molecule has 7 heteroatoms. The van der Waals surface area contributed by atoms with Crippen molar-refractivity contribution in [3.8, 4) is 0 Å². The molecule has 2 aromatic carbocycles. The Morgan fingerprint density at radius 2 is 1.90 bits per heavy atom. The van der Waals surface area contributed by atoms with Crippen LogP contribution in [0, 0.1) is 0 Å². The monoisotopic (exact) mass is 446 g/mol. The topological polar surface area (TPSA) is 56.7 Å². The summed E-state index contributed by atoms with van der Waals surface area (Å²) in [6.45, 7) is 2.95. The number of benzene rings is 2. The molecule has 1 saturated heterocycles. The maximum atomic E-state index is 12.0. The number of hydrogen-bond acceptors (Lipinski definition) is 2. The number of carbonyl (C=O) groups excluding carboxylic acids is 1. The lowest BCUT2D eigenvalue weighted by atomic mass is 10.1. The van der Waals surface area contributed by atoms with E-state index in [9.17, 15) is 4.79 Å². The summed E-state index contributed by atoms with van der Waals surface area (Å²) in [7, 11) is 1.76. The first-order valence-corrected chi connectivity index (χ1v) is 11.1. The Morgan fingerprint density at radius 1 is 1.10 bits per heavy atom. The van der Waals surface area contributed by atoms with E-state index in [0.717, 1.165) is 43.9 Å². The number of amides is 1. The molecule has 1 heterocycles. The summed E-state index contributed by atoms with van der Waals surface area (Å²) in [4.78, 5) is 18.2. The summed E-state index contributed by atoms with van der Waals surface area (Å²) in [5.41, 5.74) is 3.44. The van der Waals surface area contributed by atoms with E-state index < -0.39 is 0 Å². The highest BCUT2D eigenvalue weighted by Gasteiger charge is 2.20. The van der Waals surface area contributed by atoms with E-state index in [1.165, 1.54) is 11.1 Å². The number of carbonyl (C=O) groups is 1. The molecule has 0 aliphatic carbocycles. The van der Waals surface area contributed by atoms with Gasteiger partial charge in [-0.3, -0.25) is 9.79 Å². The molecule has 1 aliphatic heterocycles. The van der Waals surface area contributed by atoms with Gasteiger partial charge in [0, 0.05) is 49.7 Å². The van der Waals surface area contributed by atoms with Crippen LogP contribution in [0.5, 0.6) is 0 Å². The summed E-state index contributed by atoms with van der Waals surface area (Å²) in [5, 5.41) is 8.08. The highest BCUT2D eigenvalue weighted by molar-refractivity contribution is 6.35. The lowest BCUT2D eigenvalue weighted by Gasteiger charge is -2.19. The molecule has 3 rings (SSSR count). The Balaban J connectivity index is 1.47. The number of hydrogen-bond donors (Lipinski definition) is 2. The highest BCUT2D eigenvalue weighted by atomic mass is 35.5. The zero-order chi connectivity index (χ0) is 21.3. The summed E-state index contributed by atoms with van der Waals surface area (Å²) >= 11 is 12.2. The molecule has 1 amide bonds. The molecule has 0 saturated carbocycles.